The van der Waals surface area contributed by atoms with Gasteiger partial charge in [0.2, 0.25) is 16.0 Å². The molecule has 27 heavy (non-hydrogen) atoms. The number of sulfonamides is 1. The number of aliphatic carboxylic acids is 1. The van der Waals surface area contributed by atoms with Gasteiger partial charge in [-0.25, -0.2) is 17.9 Å². The van der Waals surface area contributed by atoms with Gasteiger partial charge in [0.25, 0.3) is 0 Å². The lowest BCUT2D eigenvalue weighted by Crippen LogP contribution is -2.36. The van der Waals surface area contributed by atoms with E-state index in [9.17, 15) is 18.0 Å². The molecule has 0 radical (unpaired) electrons. The van der Waals surface area contributed by atoms with E-state index in [4.69, 9.17) is 10.8 Å². The predicted molar refractivity (Wildman–Crippen MR) is 98.3 cm³/mol. The number of hydrazine groups is 1. The Bertz CT molecular complexity index is 803. The summed E-state index contributed by atoms with van der Waals surface area (Å²) in [5, 5.41) is 8.75. The molecule has 0 bridgehead atoms. The number of allylic oxidation sites excluding steroid dienone is 1. The van der Waals surface area contributed by atoms with Crippen molar-refractivity contribution in [2.45, 2.75) is 13.0 Å². The number of anilines is 1. The number of carboxylic acids is 1. The molecule has 162 valence electrons. The summed E-state index contributed by atoms with van der Waals surface area (Å²) in [5.74, 6) is -1.23. The second-order valence-electron chi connectivity index (χ2n) is 4.48. The number of fused-ring (bicyclic) bond motifs is 1. The Morgan fingerprint density at radius 3 is 2.30 bits per heavy atom. The maximum atomic E-state index is 11.9. The molecular weight excluding hydrogens is 416 g/mol. The molecule has 1 aromatic heterocycles. The van der Waals surface area contributed by atoms with E-state index in [2.05, 4.69) is 10.4 Å². The number of hydrogen-bond donors (Lipinski definition) is 3. The topological polar surface area (TPSA) is 310 Å². The number of nitrogens with zero attached hydrogens (tertiary/aromatic N) is 4. The molecule has 1 unspecified atom stereocenters. The molecule has 0 saturated heterocycles. The van der Waals surface area contributed by atoms with E-state index in [0.29, 0.717) is 5.70 Å². The molecule has 1 aliphatic heterocycles. The number of aromatic nitrogens is 3. The summed E-state index contributed by atoms with van der Waals surface area (Å²) in [6.45, 7) is 1.58. The normalized spacial score (nSPS) is 12.9. The molecule has 1 aromatic rings. The standard InChI is InChI=1S/C9H14N6O5S2.5H2O/c1-5-3-13(22(2,19)20)12-8-11-9(18)15(14(5)8)21-4-6(10)7(16)17;;;;;/h3,6H,4,10H2,1-2H3,(H,16,17)(H,11,12,18);5*1H2. The molecule has 0 fully saturated rings. The van der Waals surface area contributed by atoms with Gasteiger partial charge in [-0.3, -0.25) is 10.2 Å². The lowest BCUT2D eigenvalue weighted by atomic mass is 10.4. The zero-order chi connectivity index (χ0) is 16.7. The molecule has 0 saturated carbocycles. The maximum absolute atomic E-state index is 11.9. The van der Waals surface area contributed by atoms with Crippen LogP contribution in [-0.2, 0) is 14.8 Å². The molecule has 0 aliphatic carbocycles. The summed E-state index contributed by atoms with van der Waals surface area (Å²) in [7, 11) is -3.57. The van der Waals surface area contributed by atoms with Gasteiger partial charge in [-0.1, -0.05) is 0 Å². The fourth-order valence-corrected chi connectivity index (χ4v) is 3.11. The number of nitrogens with two attached hydrogens (primary N) is 1. The zero-order valence-electron chi connectivity index (χ0n) is 14.1. The van der Waals surface area contributed by atoms with Crippen molar-refractivity contribution in [2.24, 2.45) is 5.73 Å². The molecule has 1 atom stereocenters. The van der Waals surface area contributed by atoms with Crippen LogP contribution >= 0.6 is 11.9 Å². The molecule has 0 amide bonds. The Morgan fingerprint density at radius 1 is 1.33 bits per heavy atom. The average molecular weight is 440 g/mol. The molecule has 16 nitrogen and oxygen atoms in total. The van der Waals surface area contributed by atoms with Gasteiger partial charge in [0.15, 0.2) is 0 Å². The molecule has 0 aromatic carbocycles. The lowest BCUT2D eigenvalue weighted by molar-refractivity contribution is -0.137. The first-order chi connectivity index (χ1) is 10.1. The molecule has 14 N–H and O–H groups in total. The van der Waals surface area contributed by atoms with Crippen LogP contribution in [0.3, 0.4) is 0 Å². The SMILES string of the molecule is CC1=CN(S(C)(=O)=O)Nc2nc(=O)n(SCC(N)C(=O)O)n21.O.O.O.O.O. The highest BCUT2D eigenvalue weighted by molar-refractivity contribution is 7.97. The first-order valence-electron chi connectivity index (χ1n) is 5.90. The van der Waals surface area contributed by atoms with Crippen LogP contribution in [0.15, 0.2) is 11.0 Å². The molecule has 0 spiro atoms. The Kier molecular flexibility index (Phi) is 13.8. The average Bonchev–Trinajstić information content (AvgIpc) is 2.71. The van der Waals surface area contributed by atoms with Crippen molar-refractivity contribution >= 4 is 39.6 Å². The minimum Gasteiger partial charge on any atom is -0.480 e. The van der Waals surface area contributed by atoms with E-state index in [-0.39, 0.29) is 39.1 Å². The molecule has 2 rings (SSSR count). The Hall–Kier alpha value is -2.19. The Labute approximate surface area is 156 Å². The van der Waals surface area contributed by atoms with E-state index in [0.717, 1.165) is 26.7 Å². The third kappa shape index (κ3) is 6.80. The summed E-state index contributed by atoms with van der Waals surface area (Å²) in [4.78, 5) is 26.3. The van der Waals surface area contributed by atoms with Crippen LogP contribution in [0.1, 0.15) is 6.92 Å². The monoisotopic (exact) mass is 440 g/mol. The van der Waals surface area contributed by atoms with Crippen LogP contribution in [-0.4, -0.2) is 83.1 Å². The van der Waals surface area contributed by atoms with Gasteiger partial charge in [-0.2, -0.15) is 13.5 Å². The van der Waals surface area contributed by atoms with Crippen molar-refractivity contribution in [1.82, 2.24) is 18.2 Å². The first-order valence-corrected chi connectivity index (χ1v) is 8.69. The van der Waals surface area contributed by atoms with Crippen LogP contribution in [0.4, 0.5) is 5.95 Å². The minimum absolute atomic E-state index is 0. The number of rotatable bonds is 5. The summed E-state index contributed by atoms with van der Waals surface area (Å²) < 4.78 is 26.3. The maximum Gasteiger partial charge on any atom is 0.376 e. The summed E-state index contributed by atoms with van der Waals surface area (Å²) in [5.41, 5.74) is 7.60. The van der Waals surface area contributed by atoms with Crippen molar-refractivity contribution in [3.8, 4) is 0 Å². The number of carboxylic acid groups (broad SMARTS) is 1. The van der Waals surface area contributed by atoms with Crippen molar-refractivity contribution in [3.63, 3.8) is 0 Å². The van der Waals surface area contributed by atoms with Gasteiger partial charge in [0, 0.05) is 5.75 Å². The van der Waals surface area contributed by atoms with Crippen LogP contribution < -0.4 is 16.8 Å². The van der Waals surface area contributed by atoms with Gasteiger partial charge in [0.05, 0.1) is 18.2 Å². The van der Waals surface area contributed by atoms with Gasteiger partial charge in [-0.15, -0.1) is 0 Å². The van der Waals surface area contributed by atoms with E-state index in [1.54, 1.807) is 6.92 Å². The largest absolute Gasteiger partial charge is 0.480 e. The van der Waals surface area contributed by atoms with E-state index in [1.807, 2.05) is 0 Å². The highest BCUT2D eigenvalue weighted by Gasteiger charge is 2.26. The highest BCUT2D eigenvalue weighted by Crippen LogP contribution is 2.22. The third-order valence-corrected chi connectivity index (χ3v) is 4.63. The smallest absolute Gasteiger partial charge is 0.376 e. The second-order valence-corrected chi connectivity index (χ2v) is 7.28. The van der Waals surface area contributed by atoms with Gasteiger partial charge in [0.1, 0.15) is 6.04 Å². The number of carbonyl (C=O) groups is 1. The van der Waals surface area contributed by atoms with Gasteiger partial charge in [-0.05, 0) is 18.9 Å². The first kappa shape index (κ1) is 32.5. The van der Waals surface area contributed by atoms with Gasteiger partial charge < -0.3 is 38.2 Å². The minimum atomic E-state index is -3.57. The van der Waals surface area contributed by atoms with E-state index >= 15 is 0 Å². The quantitative estimate of drug-likeness (QED) is 0.392. The Morgan fingerprint density at radius 2 is 1.85 bits per heavy atom. The van der Waals surface area contributed by atoms with E-state index < -0.39 is 27.7 Å². The predicted octanol–water partition coefficient (Wildman–Crippen LogP) is -5.75. The number of hydrogen-bond acceptors (Lipinski definition) is 8. The fraction of sp³-hybridized carbons (Fsp3) is 0.444. The molecule has 18 heteroatoms. The van der Waals surface area contributed by atoms with Crippen LogP contribution in [0.25, 0.3) is 5.70 Å². The summed E-state index contributed by atoms with van der Waals surface area (Å²) in [6.07, 6.45) is 2.27. The van der Waals surface area contributed by atoms with Crippen molar-refractivity contribution in [2.75, 3.05) is 17.4 Å². The summed E-state index contributed by atoms with van der Waals surface area (Å²) >= 11 is 0.867. The zero-order valence-corrected chi connectivity index (χ0v) is 15.8. The fourth-order valence-electron chi connectivity index (χ4n) is 1.60. The molecular formula is C9H24N6O10S2. The lowest BCUT2D eigenvalue weighted by Gasteiger charge is -2.26. The van der Waals surface area contributed by atoms with E-state index in [1.165, 1.54) is 10.9 Å². The highest BCUT2D eigenvalue weighted by atomic mass is 32.2. The van der Waals surface area contributed by atoms with Crippen LogP contribution in [0.5, 0.6) is 0 Å². The Balaban J connectivity index is -0.000000529. The summed E-state index contributed by atoms with van der Waals surface area (Å²) in [6, 6.07) is -1.14. The molecule has 2 heterocycles. The van der Waals surface area contributed by atoms with Crippen LogP contribution in [0, 0.1) is 0 Å². The van der Waals surface area contributed by atoms with Crippen molar-refractivity contribution in [3.05, 3.63) is 16.7 Å². The van der Waals surface area contributed by atoms with Gasteiger partial charge >= 0.3 is 11.7 Å². The third-order valence-electron chi connectivity index (χ3n) is 2.65. The van der Waals surface area contributed by atoms with Crippen LogP contribution in [0.2, 0.25) is 0 Å². The second kappa shape index (κ2) is 11.5. The molecule has 1 aliphatic rings. The number of nitrogens with one attached hydrogen (secondary N) is 1. The van der Waals surface area contributed by atoms with Crippen molar-refractivity contribution in [1.29, 1.82) is 0 Å². The van der Waals surface area contributed by atoms with Crippen molar-refractivity contribution < 1.29 is 45.7 Å².